The molecule has 5 rings (SSSR count). The van der Waals surface area contributed by atoms with Gasteiger partial charge in [0.15, 0.2) is 10.7 Å². The van der Waals surface area contributed by atoms with Gasteiger partial charge in [0.05, 0.1) is 16.6 Å². The van der Waals surface area contributed by atoms with Gasteiger partial charge in [-0.05, 0) is 55.2 Å². The van der Waals surface area contributed by atoms with E-state index in [1.54, 1.807) is 11.3 Å². The molecule has 6 nitrogen and oxygen atoms in total. The largest absolute Gasteiger partial charge is 0.356 e. The lowest BCUT2D eigenvalue weighted by Gasteiger charge is -2.34. The van der Waals surface area contributed by atoms with E-state index in [-0.39, 0.29) is 12.3 Å². The number of rotatable bonds is 4. The Bertz CT molecular complexity index is 1270. The maximum Gasteiger partial charge on any atom is 0.228 e. The van der Waals surface area contributed by atoms with E-state index in [2.05, 4.69) is 41.2 Å². The molecule has 1 amide bonds. The summed E-state index contributed by atoms with van der Waals surface area (Å²) in [5.74, 6) is 0.103. The maximum absolute atomic E-state index is 13.0. The Morgan fingerprint density at radius 1 is 1.13 bits per heavy atom. The number of piperazine rings is 1. The lowest BCUT2D eigenvalue weighted by Crippen LogP contribution is -2.49. The summed E-state index contributed by atoms with van der Waals surface area (Å²) >= 11 is 1.74. The average molecular weight is 435 g/mol. The van der Waals surface area contributed by atoms with Gasteiger partial charge in [0, 0.05) is 31.6 Å². The molecule has 0 bridgehead atoms. The number of hydrogen-bond donors (Lipinski definition) is 0. The molecule has 0 N–H and O–H groups in total. The lowest BCUT2D eigenvalue weighted by molar-refractivity contribution is -0.130. The maximum atomic E-state index is 13.0. The molecule has 2 aromatic heterocycles. The fourth-order valence-corrected chi connectivity index (χ4v) is 5.44. The summed E-state index contributed by atoms with van der Waals surface area (Å²) in [6.45, 7) is 9.23. The van der Waals surface area contributed by atoms with Gasteiger partial charge in [-0.3, -0.25) is 4.79 Å². The molecule has 0 saturated carbocycles. The Labute approximate surface area is 185 Å². The Hall–Kier alpha value is -2.93. The Morgan fingerprint density at radius 2 is 1.94 bits per heavy atom. The first kappa shape index (κ1) is 20.0. The molecule has 2 aromatic carbocycles. The number of carbonyl (C=O) groups excluding carboxylic acids is 1. The first-order valence-electron chi connectivity index (χ1n) is 10.8. The average Bonchev–Trinajstić information content (AvgIpc) is 3.37. The number of fused-ring (bicyclic) bond motifs is 2. The highest BCUT2D eigenvalue weighted by atomic mass is 32.1. The van der Waals surface area contributed by atoms with Gasteiger partial charge in [-0.2, -0.15) is 0 Å². The normalized spacial score (nSPS) is 14.7. The minimum Gasteiger partial charge on any atom is -0.356 e. The van der Waals surface area contributed by atoms with E-state index in [1.807, 2.05) is 24.8 Å². The predicted octanol–water partition coefficient (Wildman–Crippen LogP) is 4.51. The zero-order valence-corrected chi connectivity index (χ0v) is 19.0. The molecule has 1 aliphatic heterocycles. The van der Waals surface area contributed by atoms with Crippen LogP contribution in [-0.4, -0.2) is 47.1 Å². The van der Waals surface area contributed by atoms with Crippen molar-refractivity contribution in [3.63, 3.8) is 0 Å². The van der Waals surface area contributed by atoms with Crippen LogP contribution in [0, 0.1) is 13.8 Å². The SMILES string of the molecule is CCc1ccc2nc(N3CCN(C(=O)Cc4noc5cc(C)cc(C)c45)CC3)sc2c1. The van der Waals surface area contributed by atoms with Crippen LogP contribution >= 0.6 is 11.3 Å². The van der Waals surface area contributed by atoms with E-state index < -0.39 is 0 Å². The fourth-order valence-electron chi connectivity index (χ4n) is 4.36. The number of thiazole rings is 1. The Balaban J connectivity index is 1.26. The molecule has 1 saturated heterocycles. The molecule has 0 atom stereocenters. The highest BCUT2D eigenvalue weighted by Gasteiger charge is 2.25. The monoisotopic (exact) mass is 434 g/mol. The van der Waals surface area contributed by atoms with Crippen LogP contribution < -0.4 is 4.90 Å². The van der Waals surface area contributed by atoms with Gasteiger partial charge < -0.3 is 14.3 Å². The van der Waals surface area contributed by atoms with Crippen molar-refractivity contribution in [2.45, 2.75) is 33.6 Å². The van der Waals surface area contributed by atoms with E-state index in [9.17, 15) is 4.79 Å². The number of benzene rings is 2. The summed E-state index contributed by atoms with van der Waals surface area (Å²) in [6.07, 6.45) is 1.31. The van der Waals surface area contributed by atoms with E-state index in [1.165, 1.54) is 10.3 Å². The number of nitrogens with zero attached hydrogens (tertiary/aromatic N) is 4. The second-order valence-electron chi connectivity index (χ2n) is 8.28. The minimum atomic E-state index is 0.103. The standard InChI is InChI=1S/C24H26N4O2S/c1-4-17-5-6-18-21(13-17)31-24(25-18)28-9-7-27(8-10-28)22(29)14-19-23-16(3)11-15(2)12-20(23)30-26-19/h5-6,11-13H,4,7-10,14H2,1-3H3. The highest BCUT2D eigenvalue weighted by molar-refractivity contribution is 7.22. The van der Waals surface area contributed by atoms with Crippen molar-refractivity contribution in [3.8, 4) is 0 Å². The molecule has 4 aromatic rings. The van der Waals surface area contributed by atoms with Gasteiger partial charge in [-0.25, -0.2) is 4.98 Å². The summed E-state index contributed by atoms with van der Waals surface area (Å²) in [5, 5.41) is 6.21. The van der Waals surface area contributed by atoms with Crippen LogP contribution in [0.2, 0.25) is 0 Å². The van der Waals surface area contributed by atoms with Crippen LogP contribution in [0.1, 0.15) is 29.3 Å². The van der Waals surface area contributed by atoms with E-state index in [4.69, 9.17) is 9.51 Å². The van der Waals surface area contributed by atoms with Gasteiger partial charge in [-0.1, -0.05) is 35.5 Å². The van der Waals surface area contributed by atoms with Crippen molar-refractivity contribution in [1.29, 1.82) is 0 Å². The van der Waals surface area contributed by atoms with Gasteiger partial charge >= 0.3 is 0 Å². The molecule has 3 heterocycles. The molecule has 0 unspecified atom stereocenters. The van der Waals surface area contributed by atoms with E-state index >= 15 is 0 Å². The summed E-state index contributed by atoms with van der Waals surface area (Å²) in [4.78, 5) is 22.0. The van der Waals surface area contributed by atoms with Crippen LogP contribution in [0.4, 0.5) is 5.13 Å². The van der Waals surface area contributed by atoms with Crippen molar-refractivity contribution in [2.75, 3.05) is 31.1 Å². The molecule has 31 heavy (non-hydrogen) atoms. The summed E-state index contributed by atoms with van der Waals surface area (Å²) in [6, 6.07) is 10.6. The molecule has 0 radical (unpaired) electrons. The topological polar surface area (TPSA) is 62.5 Å². The molecule has 0 aliphatic carbocycles. The third-order valence-electron chi connectivity index (χ3n) is 6.06. The second kappa shape index (κ2) is 7.96. The number of amides is 1. The van der Waals surface area contributed by atoms with Crippen LogP contribution in [0.3, 0.4) is 0 Å². The van der Waals surface area contributed by atoms with E-state index in [0.717, 1.165) is 57.9 Å². The number of aryl methyl sites for hydroxylation is 3. The van der Waals surface area contributed by atoms with E-state index in [0.29, 0.717) is 13.1 Å². The number of aromatic nitrogens is 2. The van der Waals surface area contributed by atoms with Crippen LogP contribution in [0.25, 0.3) is 21.2 Å². The van der Waals surface area contributed by atoms with Gasteiger partial charge in [0.2, 0.25) is 5.91 Å². The summed E-state index contributed by atoms with van der Waals surface area (Å²) in [5.41, 5.74) is 6.12. The third-order valence-corrected chi connectivity index (χ3v) is 7.14. The fraction of sp³-hybridized carbons (Fsp3) is 0.375. The molecule has 7 heteroatoms. The van der Waals surface area contributed by atoms with Gasteiger partial charge in [0.25, 0.3) is 0 Å². The number of anilines is 1. The zero-order chi connectivity index (χ0) is 21.5. The van der Waals surface area contributed by atoms with Gasteiger partial charge in [0.1, 0.15) is 5.69 Å². The molecule has 0 spiro atoms. The number of carbonyl (C=O) groups is 1. The summed E-state index contributed by atoms with van der Waals surface area (Å²) in [7, 11) is 0. The van der Waals surface area contributed by atoms with Crippen LogP contribution in [-0.2, 0) is 17.6 Å². The van der Waals surface area contributed by atoms with Crippen molar-refractivity contribution >= 4 is 43.6 Å². The highest BCUT2D eigenvalue weighted by Crippen LogP contribution is 2.30. The Morgan fingerprint density at radius 3 is 2.71 bits per heavy atom. The predicted molar refractivity (Wildman–Crippen MR) is 125 cm³/mol. The van der Waals surface area contributed by atoms with Crippen molar-refractivity contribution < 1.29 is 9.32 Å². The summed E-state index contributed by atoms with van der Waals surface area (Å²) < 4.78 is 6.72. The minimum absolute atomic E-state index is 0.103. The van der Waals surface area contributed by atoms with Crippen molar-refractivity contribution in [1.82, 2.24) is 15.0 Å². The van der Waals surface area contributed by atoms with Crippen LogP contribution in [0.5, 0.6) is 0 Å². The smallest absolute Gasteiger partial charge is 0.228 e. The van der Waals surface area contributed by atoms with Crippen LogP contribution in [0.15, 0.2) is 34.9 Å². The molecular formula is C24H26N4O2S. The quantitative estimate of drug-likeness (QED) is 0.473. The zero-order valence-electron chi connectivity index (χ0n) is 18.1. The molecular weight excluding hydrogens is 408 g/mol. The second-order valence-corrected chi connectivity index (χ2v) is 9.29. The Kier molecular flexibility index (Phi) is 5.14. The molecule has 1 fully saturated rings. The van der Waals surface area contributed by atoms with Crippen molar-refractivity contribution in [2.24, 2.45) is 0 Å². The van der Waals surface area contributed by atoms with Crippen molar-refractivity contribution in [3.05, 3.63) is 52.7 Å². The molecule has 160 valence electrons. The molecule has 1 aliphatic rings. The first-order valence-corrected chi connectivity index (χ1v) is 11.6. The van der Waals surface area contributed by atoms with Gasteiger partial charge in [-0.15, -0.1) is 0 Å². The lowest BCUT2D eigenvalue weighted by atomic mass is 10.0. The first-order chi connectivity index (χ1) is 15.0. The third kappa shape index (κ3) is 3.78. The number of hydrogen-bond acceptors (Lipinski definition) is 6.